The predicted molar refractivity (Wildman–Crippen MR) is 112 cm³/mol. The predicted octanol–water partition coefficient (Wildman–Crippen LogP) is 3.24. The van der Waals surface area contributed by atoms with E-state index in [2.05, 4.69) is 31.2 Å². The zero-order valence-electron chi connectivity index (χ0n) is 16.6. The van der Waals surface area contributed by atoms with Crippen LogP contribution in [0.5, 0.6) is 0 Å². The minimum atomic E-state index is -0.0923. The van der Waals surface area contributed by atoms with Crippen LogP contribution in [0.2, 0.25) is 0 Å². The van der Waals surface area contributed by atoms with Gasteiger partial charge in [0.15, 0.2) is 5.82 Å². The number of likely N-dealkylation sites (tertiary alicyclic amines) is 1. The Labute approximate surface area is 171 Å². The van der Waals surface area contributed by atoms with Crippen LogP contribution in [0.15, 0.2) is 60.9 Å². The minimum Gasteiger partial charge on any atom is -0.349 e. The number of pyridine rings is 1. The van der Waals surface area contributed by atoms with Crippen molar-refractivity contribution in [3.05, 3.63) is 77.9 Å². The summed E-state index contributed by atoms with van der Waals surface area (Å²) in [4.78, 5) is 28.4. The number of nitrogens with one attached hydrogen (secondary N) is 1. The molecule has 29 heavy (non-hydrogen) atoms. The Morgan fingerprint density at radius 3 is 2.52 bits per heavy atom. The second kappa shape index (κ2) is 8.92. The molecule has 0 atom stereocenters. The lowest BCUT2D eigenvalue weighted by atomic mass is 10.0. The number of aromatic nitrogens is 3. The average molecular weight is 387 g/mol. The molecule has 0 bridgehead atoms. The third kappa shape index (κ3) is 4.84. The summed E-state index contributed by atoms with van der Waals surface area (Å²) in [6, 6.07) is 16.0. The van der Waals surface area contributed by atoms with Crippen molar-refractivity contribution in [1.29, 1.82) is 0 Å². The van der Waals surface area contributed by atoms with E-state index < -0.39 is 0 Å². The van der Waals surface area contributed by atoms with Crippen LogP contribution in [0.1, 0.15) is 34.6 Å². The summed E-state index contributed by atoms with van der Waals surface area (Å²) < 4.78 is 0. The van der Waals surface area contributed by atoms with E-state index >= 15 is 0 Å². The maximum Gasteiger partial charge on any atom is 0.254 e. The Balaban J connectivity index is 1.33. The van der Waals surface area contributed by atoms with Gasteiger partial charge in [-0.1, -0.05) is 36.4 Å². The summed E-state index contributed by atoms with van der Waals surface area (Å²) in [7, 11) is 0. The van der Waals surface area contributed by atoms with Crippen LogP contribution >= 0.6 is 0 Å². The van der Waals surface area contributed by atoms with Crippen molar-refractivity contribution in [1.82, 2.24) is 25.2 Å². The molecule has 1 aliphatic heterocycles. The lowest BCUT2D eigenvalue weighted by molar-refractivity contribution is 0.0907. The van der Waals surface area contributed by atoms with Crippen molar-refractivity contribution in [2.24, 2.45) is 0 Å². The first kappa shape index (κ1) is 19.2. The molecule has 1 amide bonds. The smallest absolute Gasteiger partial charge is 0.254 e. The molecule has 1 aliphatic rings. The summed E-state index contributed by atoms with van der Waals surface area (Å²) in [5.74, 6) is 0.549. The van der Waals surface area contributed by atoms with Gasteiger partial charge in [0.1, 0.15) is 0 Å². The molecule has 148 valence electrons. The number of amides is 1. The Bertz CT molecular complexity index is 954. The highest BCUT2D eigenvalue weighted by Gasteiger charge is 2.22. The third-order valence-corrected chi connectivity index (χ3v) is 5.29. The molecule has 1 fully saturated rings. The van der Waals surface area contributed by atoms with Gasteiger partial charge < -0.3 is 5.32 Å². The minimum absolute atomic E-state index is 0.0923. The molecule has 0 saturated carbocycles. The summed E-state index contributed by atoms with van der Waals surface area (Å²) in [6.07, 6.45) is 5.33. The number of rotatable bonds is 5. The SMILES string of the molecule is Cc1nc(-c2ccccc2)ncc1C(=O)NC1CCN(Cc2ccccn2)CC1. The maximum absolute atomic E-state index is 12.7. The number of carbonyl (C=O) groups excluding carboxylic acids is 1. The molecule has 6 heteroatoms. The van der Waals surface area contributed by atoms with Gasteiger partial charge in [-0.3, -0.25) is 14.7 Å². The molecule has 3 aromatic rings. The Kier molecular flexibility index (Phi) is 5.91. The molecular formula is C23H25N5O. The first-order valence-electron chi connectivity index (χ1n) is 10.0. The van der Waals surface area contributed by atoms with E-state index in [0.717, 1.165) is 43.7 Å². The maximum atomic E-state index is 12.7. The molecule has 2 aromatic heterocycles. The van der Waals surface area contributed by atoms with Crippen molar-refractivity contribution in [2.75, 3.05) is 13.1 Å². The van der Waals surface area contributed by atoms with Crippen molar-refractivity contribution in [3.8, 4) is 11.4 Å². The van der Waals surface area contributed by atoms with E-state index in [4.69, 9.17) is 0 Å². The number of carbonyl (C=O) groups is 1. The molecule has 0 spiro atoms. The van der Waals surface area contributed by atoms with Gasteiger partial charge in [-0.05, 0) is 31.9 Å². The van der Waals surface area contributed by atoms with E-state index in [1.807, 2.05) is 55.6 Å². The molecule has 0 aliphatic carbocycles. The number of hydrogen-bond donors (Lipinski definition) is 1. The van der Waals surface area contributed by atoms with Gasteiger partial charge in [0.2, 0.25) is 0 Å². The van der Waals surface area contributed by atoms with Gasteiger partial charge in [0, 0.05) is 43.6 Å². The van der Waals surface area contributed by atoms with Crippen LogP contribution in [-0.4, -0.2) is 44.9 Å². The molecule has 1 aromatic carbocycles. The quantitative estimate of drug-likeness (QED) is 0.728. The van der Waals surface area contributed by atoms with Crippen molar-refractivity contribution in [2.45, 2.75) is 32.4 Å². The summed E-state index contributed by atoms with van der Waals surface area (Å²) in [5.41, 5.74) is 3.27. The lowest BCUT2D eigenvalue weighted by Gasteiger charge is -2.32. The van der Waals surface area contributed by atoms with Crippen LogP contribution in [0.4, 0.5) is 0 Å². The molecule has 4 rings (SSSR count). The lowest BCUT2D eigenvalue weighted by Crippen LogP contribution is -2.44. The fourth-order valence-electron chi connectivity index (χ4n) is 3.64. The number of piperidine rings is 1. The summed E-state index contributed by atoms with van der Waals surface area (Å²) in [5, 5.41) is 3.16. The van der Waals surface area contributed by atoms with Crippen LogP contribution in [0.25, 0.3) is 11.4 Å². The normalized spacial score (nSPS) is 15.2. The highest BCUT2D eigenvalue weighted by atomic mass is 16.1. The summed E-state index contributed by atoms with van der Waals surface area (Å²) >= 11 is 0. The largest absolute Gasteiger partial charge is 0.349 e. The number of benzene rings is 1. The highest BCUT2D eigenvalue weighted by Crippen LogP contribution is 2.17. The molecule has 6 nitrogen and oxygen atoms in total. The van der Waals surface area contributed by atoms with E-state index in [1.54, 1.807) is 6.20 Å². The van der Waals surface area contributed by atoms with Gasteiger partial charge in [-0.2, -0.15) is 0 Å². The zero-order valence-corrected chi connectivity index (χ0v) is 16.6. The highest BCUT2D eigenvalue weighted by molar-refractivity contribution is 5.95. The zero-order chi connectivity index (χ0) is 20.1. The van der Waals surface area contributed by atoms with Crippen LogP contribution in [-0.2, 0) is 6.54 Å². The number of hydrogen-bond acceptors (Lipinski definition) is 5. The van der Waals surface area contributed by atoms with E-state index in [-0.39, 0.29) is 11.9 Å². The first-order valence-corrected chi connectivity index (χ1v) is 10.0. The Morgan fingerprint density at radius 2 is 1.83 bits per heavy atom. The topological polar surface area (TPSA) is 71.0 Å². The average Bonchev–Trinajstić information content (AvgIpc) is 2.76. The second-order valence-electron chi connectivity index (χ2n) is 7.40. The van der Waals surface area contributed by atoms with Crippen LogP contribution in [0, 0.1) is 6.92 Å². The van der Waals surface area contributed by atoms with Gasteiger partial charge in [-0.25, -0.2) is 9.97 Å². The molecule has 0 radical (unpaired) electrons. The Hall–Kier alpha value is -3.12. The van der Waals surface area contributed by atoms with Crippen LogP contribution in [0.3, 0.4) is 0 Å². The van der Waals surface area contributed by atoms with Crippen LogP contribution < -0.4 is 5.32 Å². The van der Waals surface area contributed by atoms with Crippen molar-refractivity contribution in [3.63, 3.8) is 0 Å². The molecule has 0 unspecified atom stereocenters. The molecular weight excluding hydrogens is 362 g/mol. The van der Waals surface area contributed by atoms with Gasteiger partial charge in [0.05, 0.1) is 17.0 Å². The fraction of sp³-hybridized carbons (Fsp3) is 0.304. The number of nitrogens with zero attached hydrogens (tertiary/aromatic N) is 4. The molecule has 1 N–H and O–H groups in total. The third-order valence-electron chi connectivity index (χ3n) is 5.29. The van der Waals surface area contributed by atoms with Gasteiger partial charge in [-0.15, -0.1) is 0 Å². The summed E-state index contributed by atoms with van der Waals surface area (Å²) in [6.45, 7) is 4.61. The monoisotopic (exact) mass is 387 g/mol. The first-order chi connectivity index (χ1) is 14.2. The Morgan fingerprint density at radius 1 is 1.07 bits per heavy atom. The molecule has 1 saturated heterocycles. The van der Waals surface area contributed by atoms with E-state index in [1.165, 1.54) is 0 Å². The molecule has 3 heterocycles. The van der Waals surface area contributed by atoms with Crippen molar-refractivity contribution >= 4 is 5.91 Å². The van der Waals surface area contributed by atoms with Crippen molar-refractivity contribution < 1.29 is 4.79 Å². The standard InChI is InChI=1S/C23H25N5O/c1-17-21(15-25-22(26-17)18-7-3-2-4-8-18)23(29)27-19-10-13-28(14-11-19)16-20-9-5-6-12-24-20/h2-9,12,15,19H,10-11,13-14,16H2,1H3,(H,27,29). The second-order valence-corrected chi connectivity index (χ2v) is 7.40. The number of aryl methyl sites for hydroxylation is 1. The fourth-order valence-corrected chi connectivity index (χ4v) is 3.64. The van der Waals surface area contributed by atoms with E-state index in [9.17, 15) is 4.79 Å². The van der Waals surface area contributed by atoms with Gasteiger partial charge >= 0.3 is 0 Å². The van der Waals surface area contributed by atoms with Gasteiger partial charge in [0.25, 0.3) is 5.91 Å². The van der Waals surface area contributed by atoms with E-state index in [0.29, 0.717) is 17.1 Å².